The summed E-state index contributed by atoms with van der Waals surface area (Å²) >= 11 is 0. The van der Waals surface area contributed by atoms with E-state index in [2.05, 4.69) is 0 Å². The minimum atomic E-state index is -0.500. The van der Waals surface area contributed by atoms with Gasteiger partial charge in [-0.3, -0.25) is 4.79 Å². The molecule has 5 nitrogen and oxygen atoms in total. The van der Waals surface area contributed by atoms with E-state index in [1.54, 1.807) is 24.3 Å². The molecule has 0 aromatic heterocycles. The molecule has 0 N–H and O–H groups in total. The number of benzene rings is 2. The van der Waals surface area contributed by atoms with Crippen LogP contribution in [-0.4, -0.2) is 25.2 Å². The summed E-state index contributed by atoms with van der Waals surface area (Å²) in [4.78, 5) is 24.3. The number of carbonyl (C=O) groups excluding carboxylic acids is 2. The molecule has 23 heavy (non-hydrogen) atoms. The summed E-state index contributed by atoms with van der Waals surface area (Å²) in [6.45, 7) is 3.56. The van der Waals surface area contributed by atoms with Crippen LogP contribution in [0.5, 0.6) is 11.5 Å². The zero-order valence-electron chi connectivity index (χ0n) is 12.9. The molecule has 5 heteroatoms. The average Bonchev–Trinajstić information content (AvgIpc) is 3.02. The van der Waals surface area contributed by atoms with E-state index in [-0.39, 0.29) is 19.2 Å². The molecule has 1 aliphatic heterocycles. The lowest BCUT2D eigenvalue weighted by Crippen LogP contribution is -2.15. The van der Waals surface area contributed by atoms with Crippen molar-refractivity contribution in [3.05, 3.63) is 58.7 Å². The van der Waals surface area contributed by atoms with Crippen molar-refractivity contribution in [3.8, 4) is 11.5 Å². The van der Waals surface area contributed by atoms with E-state index in [0.717, 1.165) is 11.1 Å². The summed E-state index contributed by atoms with van der Waals surface area (Å²) in [5.74, 6) is 0.341. The first-order valence-electron chi connectivity index (χ1n) is 7.22. The highest BCUT2D eigenvalue weighted by molar-refractivity contribution is 6.00. The molecule has 2 aromatic carbocycles. The fraction of sp³-hybridized carbons (Fsp3) is 0.222. The van der Waals surface area contributed by atoms with Crippen molar-refractivity contribution in [2.24, 2.45) is 0 Å². The van der Waals surface area contributed by atoms with Gasteiger partial charge < -0.3 is 14.2 Å². The van der Waals surface area contributed by atoms with Crippen LogP contribution in [0.4, 0.5) is 0 Å². The molecule has 2 aromatic rings. The van der Waals surface area contributed by atoms with Crippen LogP contribution < -0.4 is 9.47 Å². The average molecular weight is 312 g/mol. The van der Waals surface area contributed by atoms with Gasteiger partial charge in [0.05, 0.1) is 5.56 Å². The van der Waals surface area contributed by atoms with Gasteiger partial charge >= 0.3 is 5.97 Å². The van der Waals surface area contributed by atoms with E-state index in [1.807, 2.05) is 26.0 Å². The van der Waals surface area contributed by atoms with Crippen molar-refractivity contribution in [3.63, 3.8) is 0 Å². The van der Waals surface area contributed by atoms with Crippen LogP contribution in [0.2, 0.25) is 0 Å². The fourth-order valence-electron chi connectivity index (χ4n) is 2.32. The van der Waals surface area contributed by atoms with Gasteiger partial charge in [-0.25, -0.2) is 4.79 Å². The third-order valence-electron chi connectivity index (χ3n) is 3.64. The number of ketones is 1. The number of hydrogen-bond acceptors (Lipinski definition) is 5. The summed E-state index contributed by atoms with van der Waals surface area (Å²) < 4.78 is 15.6. The summed E-state index contributed by atoms with van der Waals surface area (Å²) in [5.41, 5.74) is 2.67. The Morgan fingerprint density at radius 2 is 1.83 bits per heavy atom. The molecule has 1 heterocycles. The lowest BCUT2D eigenvalue weighted by Gasteiger charge is -2.08. The van der Waals surface area contributed by atoms with Gasteiger partial charge in [-0.15, -0.1) is 0 Å². The number of hydrogen-bond donors (Lipinski definition) is 0. The zero-order chi connectivity index (χ0) is 16.4. The predicted octanol–water partition coefficient (Wildman–Crippen LogP) is 3.07. The van der Waals surface area contributed by atoms with Crippen molar-refractivity contribution < 1.29 is 23.8 Å². The Bertz CT molecular complexity index is 779. The van der Waals surface area contributed by atoms with E-state index in [0.29, 0.717) is 22.6 Å². The van der Waals surface area contributed by atoms with Gasteiger partial charge in [0.15, 0.2) is 23.9 Å². The van der Waals surface area contributed by atoms with Crippen molar-refractivity contribution in [1.29, 1.82) is 0 Å². The van der Waals surface area contributed by atoms with Gasteiger partial charge in [-0.1, -0.05) is 17.7 Å². The van der Waals surface area contributed by atoms with Gasteiger partial charge in [-0.05, 0) is 43.7 Å². The Morgan fingerprint density at radius 1 is 1.04 bits per heavy atom. The molecule has 0 amide bonds. The topological polar surface area (TPSA) is 61.8 Å². The van der Waals surface area contributed by atoms with Crippen LogP contribution in [0.3, 0.4) is 0 Å². The second kappa shape index (κ2) is 6.12. The lowest BCUT2D eigenvalue weighted by atomic mass is 10.1. The summed E-state index contributed by atoms with van der Waals surface area (Å²) in [6.07, 6.45) is 0. The number of esters is 1. The number of Topliss-reactive ketones (excluding diaryl/α,β-unsaturated/α-hetero) is 1. The van der Waals surface area contributed by atoms with E-state index in [1.165, 1.54) is 0 Å². The Balaban J connectivity index is 1.67. The Morgan fingerprint density at radius 3 is 2.65 bits per heavy atom. The van der Waals surface area contributed by atoms with Crippen LogP contribution in [0.25, 0.3) is 0 Å². The van der Waals surface area contributed by atoms with E-state index in [9.17, 15) is 9.59 Å². The minimum Gasteiger partial charge on any atom is -0.454 e. The largest absolute Gasteiger partial charge is 0.454 e. The first-order valence-corrected chi connectivity index (χ1v) is 7.22. The van der Waals surface area contributed by atoms with Gasteiger partial charge in [0.25, 0.3) is 0 Å². The van der Waals surface area contributed by atoms with Gasteiger partial charge in [0.2, 0.25) is 6.79 Å². The molecular weight excluding hydrogens is 296 g/mol. The highest BCUT2D eigenvalue weighted by Gasteiger charge is 2.18. The molecule has 0 atom stereocenters. The fourth-order valence-corrected chi connectivity index (χ4v) is 2.32. The van der Waals surface area contributed by atoms with Crippen LogP contribution in [0.15, 0.2) is 36.4 Å². The van der Waals surface area contributed by atoms with Crippen LogP contribution in [0, 0.1) is 13.8 Å². The first kappa shape index (κ1) is 15.1. The standard InChI is InChI=1S/C18H16O5/c1-11-3-4-12(2)14(7-11)18(20)21-9-15(19)13-5-6-16-17(8-13)23-10-22-16/h3-8H,9-10H2,1-2H3. The summed E-state index contributed by atoms with van der Waals surface area (Å²) in [5, 5.41) is 0. The monoisotopic (exact) mass is 312 g/mol. The number of fused-ring (bicyclic) bond motifs is 1. The molecule has 1 aliphatic rings. The molecule has 0 bridgehead atoms. The second-order valence-corrected chi connectivity index (χ2v) is 5.39. The zero-order valence-corrected chi connectivity index (χ0v) is 12.9. The van der Waals surface area contributed by atoms with Crippen molar-refractivity contribution >= 4 is 11.8 Å². The lowest BCUT2D eigenvalue weighted by molar-refractivity contribution is 0.0474. The predicted molar refractivity (Wildman–Crippen MR) is 83.1 cm³/mol. The maximum Gasteiger partial charge on any atom is 0.338 e. The molecular formula is C18H16O5. The summed E-state index contributed by atoms with van der Waals surface area (Å²) in [6, 6.07) is 10.4. The number of rotatable bonds is 4. The molecule has 3 rings (SSSR count). The normalized spacial score (nSPS) is 12.1. The number of carbonyl (C=O) groups is 2. The maximum absolute atomic E-state index is 12.2. The molecule has 0 radical (unpaired) electrons. The van der Waals surface area contributed by atoms with E-state index in [4.69, 9.17) is 14.2 Å². The van der Waals surface area contributed by atoms with Crippen LogP contribution in [0.1, 0.15) is 31.8 Å². The quantitative estimate of drug-likeness (QED) is 0.641. The van der Waals surface area contributed by atoms with E-state index >= 15 is 0 Å². The van der Waals surface area contributed by atoms with E-state index < -0.39 is 5.97 Å². The van der Waals surface area contributed by atoms with Crippen molar-refractivity contribution in [2.75, 3.05) is 13.4 Å². The maximum atomic E-state index is 12.2. The highest BCUT2D eigenvalue weighted by Crippen LogP contribution is 2.32. The number of aryl methyl sites for hydroxylation is 2. The Labute approximate surface area is 133 Å². The Kier molecular flexibility index (Phi) is 4.02. The molecule has 0 spiro atoms. The Hall–Kier alpha value is -2.82. The molecule has 0 fully saturated rings. The number of ether oxygens (including phenoxy) is 3. The molecule has 0 unspecified atom stereocenters. The van der Waals surface area contributed by atoms with Gasteiger partial charge in [0.1, 0.15) is 0 Å². The molecule has 118 valence electrons. The van der Waals surface area contributed by atoms with Crippen molar-refractivity contribution in [1.82, 2.24) is 0 Å². The van der Waals surface area contributed by atoms with Gasteiger partial charge in [-0.2, -0.15) is 0 Å². The van der Waals surface area contributed by atoms with Crippen LogP contribution in [-0.2, 0) is 4.74 Å². The summed E-state index contributed by atoms with van der Waals surface area (Å²) in [7, 11) is 0. The first-order chi connectivity index (χ1) is 11.0. The molecule has 0 saturated carbocycles. The van der Waals surface area contributed by atoms with Crippen molar-refractivity contribution in [2.45, 2.75) is 13.8 Å². The third-order valence-corrected chi connectivity index (χ3v) is 3.64. The van der Waals surface area contributed by atoms with Crippen LogP contribution >= 0.6 is 0 Å². The third kappa shape index (κ3) is 3.18. The molecule has 0 saturated heterocycles. The minimum absolute atomic E-state index is 0.147. The smallest absolute Gasteiger partial charge is 0.338 e. The molecule has 0 aliphatic carbocycles. The van der Waals surface area contributed by atoms with Gasteiger partial charge in [0, 0.05) is 5.56 Å². The highest BCUT2D eigenvalue weighted by atomic mass is 16.7. The SMILES string of the molecule is Cc1ccc(C)c(C(=O)OCC(=O)c2ccc3c(c2)OCO3)c1. The second-order valence-electron chi connectivity index (χ2n) is 5.39.